The summed E-state index contributed by atoms with van der Waals surface area (Å²) >= 11 is 0. The number of aliphatic hydroxyl groups excluding tert-OH is 1. The van der Waals surface area contributed by atoms with E-state index < -0.39 is 12.0 Å². The summed E-state index contributed by atoms with van der Waals surface area (Å²) < 4.78 is 10.3. The largest absolute Gasteiger partial charge is 0.461 e. The van der Waals surface area contributed by atoms with Gasteiger partial charge in [-0.1, -0.05) is 17.3 Å². The zero-order valence-corrected chi connectivity index (χ0v) is 14.0. The number of amides is 1. The Morgan fingerprint density at radius 1 is 1.24 bits per heavy atom. The molecule has 0 aliphatic carbocycles. The molecule has 2 aromatic heterocycles. The lowest BCUT2D eigenvalue weighted by atomic mass is 10.1. The maximum Gasteiger partial charge on any atom is 0.273 e. The predicted octanol–water partition coefficient (Wildman–Crippen LogP) is 2.46. The van der Waals surface area contributed by atoms with Crippen molar-refractivity contribution in [3.63, 3.8) is 0 Å². The van der Waals surface area contributed by atoms with E-state index in [-0.39, 0.29) is 12.2 Å². The Morgan fingerprint density at radius 2 is 2.00 bits per heavy atom. The molecule has 0 aliphatic rings. The van der Waals surface area contributed by atoms with E-state index in [2.05, 4.69) is 10.5 Å². The first-order chi connectivity index (χ1) is 12.0. The highest BCUT2D eigenvalue weighted by molar-refractivity contribution is 5.92. The van der Waals surface area contributed by atoms with Crippen LogP contribution in [0.4, 0.5) is 5.69 Å². The van der Waals surface area contributed by atoms with Gasteiger partial charge in [-0.05, 0) is 29.8 Å². The molecular formula is C18H19N3O4. The molecule has 1 unspecified atom stereocenters. The predicted molar refractivity (Wildman–Crippen MR) is 92.3 cm³/mol. The molecule has 0 bridgehead atoms. The molecule has 25 heavy (non-hydrogen) atoms. The molecule has 0 saturated carbocycles. The van der Waals surface area contributed by atoms with Crippen LogP contribution < -0.4 is 10.2 Å². The lowest BCUT2D eigenvalue weighted by molar-refractivity contribution is 0.0907. The third-order valence-electron chi connectivity index (χ3n) is 3.76. The molecule has 1 amide bonds. The molecule has 7 heteroatoms. The van der Waals surface area contributed by atoms with Crippen molar-refractivity contribution in [3.05, 3.63) is 60.0 Å². The summed E-state index contributed by atoms with van der Waals surface area (Å²) in [6.07, 6.45) is 0.701. The minimum atomic E-state index is -0.809. The summed E-state index contributed by atoms with van der Waals surface area (Å²) in [5.41, 5.74) is 1.89. The number of rotatable bonds is 6. The quantitative estimate of drug-likeness (QED) is 0.716. The average molecular weight is 341 g/mol. The Morgan fingerprint density at radius 3 is 2.64 bits per heavy atom. The minimum Gasteiger partial charge on any atom is -0.461 e. The van der Waals surface area contributed by atoms with Crippen molar-refractivity contribution < 1.29 is 18.8 Å². The van der Waals surface area contributed by atoms with Crippen LogP contribution in [0.15, 0.2) is 57.7 Å². The van der Waals surface area contributed by atoms with Crippen molar-refractivity contribution >= 4 is 11.6 Å². The highest BCUT2D eigenvalue weighted by Crippen LogP contribution is 2.21. The molecule has 1 aromatic carbocycles. The van der Waals surface area contributed by atoms with Crippen LogP contribution in [0.2, 0.25) is 0 Å². The number of nitrogens with one attached hydrogen (secondary N) is 1. The molecule has 2 heterocycles. The van der Waals surface area contributed by atoms with Gasteiger partial charge in [0.25, 0.3) is 5.91 Å². The molecular weight excluding hydrogens is 322 g/mol. The van der Waals surface area contributed by atoms with Crippen LogP contribution in [0, 0.1) is 0 Å². The topological polar surface area (TPSA) is 91.7 Å². The SMILES string of the molecule is CN(C)c1ccc(C(O)CNC(=O)c2cc(-c3ccco3)on2)cc1. The van der Waals surface area contributed by atoms with Crippen LogP contribution >= 0.6 is 0 Å². The van der Waals surface area contributed by atoms with Crippen molar-refractivity contribution in [1.82, 2.24) is 10.5 Å². The van der Waals surface area contributed by atoms with Gasteiger partial charge >= 0.3 is 0 Å². The summed E-state index contributed by atoms with van der Waals surface area (Å²) in [5.74, 6) is 0.438. The molecule has 0 saturated heterocycles. The molecule has 2 N–H and O–H groups in total. The fourth-order valence-corrected chi connectivity index (χ4v) is 2.31. The van der Waals surface area contributed by atoms with E-state index in [9.17, 15) is 9.90 Å². The summed E-state index contributed by atoms with van der Waals surface area (Å²) in [5, 5.41) is 16.6. The van der Waals surface area contributed by atoms with E-state index >= 15 is 0 Å². The molecule has 130 valence electrons. The summed E-state index contributed by atoms with van der Waals surface area (Å²) in [6, 6.07) is 12.4. The van der Waals surface area contributed by atoms with Crippen molar-refractivity contribution in [2.45, 2.75) is 6.10 Å². The number of aliphatic hydroxyl groups is 1. The van der Waals surface area contributed by atoms with Crippen LogP contribution in [0.3, 0.4) is 0 Å². The van der Waals surface area contributed by atoms with Crippen LogP contribution in [0.25, 0.3) is 11.5 Å². The van der Waals surface area contributed by atoms with Crippen LogP contribution in [0.1, 0.15) is 22.2 Å². The smallest absolute Gasteiger partial charge is 0.273 e. The third-order valence-corrected chi connectivity index (χ3v) is 3.76. The number of nitrogens with zero attached hydrogens (tertiary/aromatic N) is 2. The van der Waals surface area contributed by atoms with Crippen LogP contribution in [0.5, 0.6) is 0 Å². The first-order valence-corrected chi connectivity index (χ1v) is 7.79. The van der Waals surface area contributed by atoms with Gasteiger partial charge in [0.2, 0.25) is 5.76 Å². The molecule has 0 spiro atoms. The van der Waals surface area contributed by atoms with Gasteiger partial charge in [0.15, 0.2) is 11.5 Å². The van der Waals surface area contributed by atoms with Gasteiger partial charge in [0.1, 0.15) is 0 Å². The zero-order valence-electron chi connectivity index (χ0n) is 14.0. The molecule has 1 atom stereocenters. The van der Waals surface area contributed by atoms with E-state index in [0.29, 0.717) is 11.5 Å². The molecule has 7 nitrogen and oxygen atoms in total. The normalized spacial score (nSPS) is 12.0. The number of benzene rings is 1. The van der Waals surface area contributed by atoms with Crippen LogP contribution in [-0.4, -0.2) is 36.8 Å². The lowest BCUT2D eigenvalue weighted by Crippen LogP contribution is -2.28. The third kappa shape index (κ3) is 3.89. The van der Waals surface area contributed by atoms with E-state index in [4.69, 9.17) is 8.94 Å². The maximum absolute atomic E-state index is 12.1. The fourth-order valence-electron chi connectivity index (χ4n) is 2.31. The molecule has 3 rings (SSSR count). The van der Waals surface area contributed by atoms with Gasteiger partial charge in [-0.3, -0.25) is 4.79 Å². The highest BCUT2D eigenvalue weighted by atomic mass is 16.5. The van der Waals surface area contributed by atoms with E-state index in [1.54, 1.807) is 12.1 Å². The second-order valence-electron chi connectivity index (χ2n) is 5.77. The number of aromatic nitrogens is 1. The highest BCUT2D eigenvalue weighted by Gasteiger charge is 2.16. The van der Waals surface area contributed by atoms with Gasteiger partial charge in [-0.15, -0.1) is 0 Å². The molecule has 3 aromatic rings. The van der Waals surface area contributed by atoms with Crippen LogP contribution in [-0.2, 0) is 0 Å². The number of carbonyl (C=O) groups is 1. The first-order valence-electron chi connectivity index (χ1n) is 7.79. The number of carbonyl (C=O) groups excluding carboxylic acids is 1. The standard InChI is InChI=1S/C18H19N3O4/c1-21(2)13-7-5-12(6-8-13)15(22)11-19-18(23)14-10-17(25-20-14)16-4-3-9-24-16/h3-10,15,22H,11H2,1-2H3,(H,19,23). The van der Waals surface area contributed by atoms with E-state index in [1.807, 2.05) is 43.3 Å². The summed E-state index contributed by atoms with van der Waals surface area (Å²) in [4.78, 5) is 14.1. The van der Waals surface area contributed by atoms with E-state index in [0.717, 1.165) is 11.3 Å². The minimum absolute atomic E-state index is 0.0725. The monoisotopic (exact) mass is 341 g/mol. The molecule has 0 aliphatic heterocycles. The molecule has 0 fully saturated rings. The Kier molecular flexibility index (Phi) is 4.85. The number of furan rings is 1. The Labute approximate surface area is 144 Å². The van der Waals surface area contributed by atoms with E-state index in [1.165, 1.54) is 12.3 Å². The number of hydrogen-bond donors (Lipinski definition) is 2. The van der Waals surface area contributed by atoms with Gasteiger partial charge < -0.3 is 24.3 Å². The average Bonchev–Trinajstić information content (AvgIpc) is 3.30. The fraction of sp³-hybridized carbons (Fsp3) is 0.222. The number of anilines is 1. The second kappa shape index (κ2) is 7.23. The lowest BCUT2D eigenvalue weighted by Gasteiger charge is -2.15. The van der Waals surface area contributed by atoms with Gasteiger partial charge in [0.05, 0.1) is 12.4 Å². The van der Waals surface area contributed by atoms with Gasteiger partial charge in [-0.25, -0.2) is 0 Å². The van der Waals surface area contributed by atoms with Crippen molar-refractivity contribution in [1.29, 1.82) is 0 Å². The van der Waals surface area contributed by atoms with Gasteiger partial charge in [-0.2, -0.15) is 0 Å². The zero-order chi connectivity index (χ0) is 17.8. The van der Waals surface area contributed by atoms with Gasteiger partial charge in [0, 0.05) is 32.4 Å². The van der Waals surface area contributed by atoms with Crippen molar-refractivity contribution in [3.8, 4) is 11.5 Å². The second-order valence-corrected chi connectivity index (χ2v) is 5.77. The first kappa shape index (κ1) is 16.8. The van der Waals surface area contributed by atoms with Crippen molar-refractivity contribution in [2.24, 2.45) is 0 Å². The van der Waals surface area contributed by atoms with Crippen molar-refractivity contribution in [2.75, 3.05) is 25.5 Å². The summed E-state index contributed by atoms with van der Waals surface area (Å²) in [7, 11) is 3.89. The summed E-state index contributed by atoms with van der Waals surface area (Å²) in [6.45, 7) is 0.0725. The Bertz CT molecular complexity index is 822. The Hall–Kier alpha value is -3.06. The Balaban J connectivity index is 1.58. The maximum atomic E-state index is 12.1. The number of hydrogen-bond acceptors (Lipinski definition) is 6. The molecule has 0 radical (unpaired) electrons.